The van der Waals surface area contributed by atoms with E-state index in [1.165, 1.54) is 0 Å². The summed E-state index contributed by atoms with van der Waals surface area (Å²) >= 11 is 7.09. The van der Waals surface area contributed by atoms with E-state index in [0.717, 1.165) is 45.0 Å². The van der Waals surface area contributed by atoms with E-state index in [-0.39, 0.29) is 0 Å². The number of halogens is 2. The zero-order chi connectivity index (χ0) is 15.4. The zero-order valence-electron chi connectivity index (χ0n) is 11.7. The summed E-state index contributed by atoms with van der Waals surface area (Å²) in [5.41, 5.74) is 1.93. The summed E-state index contributed by atoms with van der Waals surface area (Å²) in [6.45, 7) is 18.8. The van der Waals surface area contributed by atoms with Crippen LogP contribution in [0.2, 0.25) is 13.1 Å². The van der Waals surface area contributed by atoms with Crippen molar-refractivity contribution < 1.29 is 20.8 Å². The molecule has 1 radical (unpaired) electrons. The Bertz CT molecular complexity index is 152. The van der Waals surface area contributed by atoms with Crippen LogP contribution in [0, 0.1) is 13.2 Å². The average Bonchev–Trinajstić information content (AvgIpc) is 2.20. The predicted molar refractivity (Wildman–Crippen MR) is 94.5 cm³/mol. The Hall–Kier alpha value is 1.86. The Labute approximate surface area is 147 Å². The summed E-state index contributed by atoms with van der Waals surface area (Å²) in [6, 6.07) is 0. The van der Waals surface area contributed by atoms with Crippen LogP contribution in [0.5, 0.6) is 0 Å². The van der Waals surface area contributed by atoms with Gasteiger partial charge < -0.3 is 13.2 Å². The predicted octanol–water partition coefficient (Wildman–Crippen LogP) is 5.27. The molecule has 0 bridgehead atoms. The molecule has 0 aromatic rings. The van der Waals surface area contributed by atoms with Crippen LogP contribution in [0.3, 0.4) is 0 Å². The van der Waals surface area contributed by atoms with Crippen LogP contribution in [-0.2, 0) is 20.8 Å². The Balaban J connectivity index is -0.0000000770. The number of hydrogen-bond acceptors (Lipinski definition) is 2. The summed E-state index contributed by atoms with van der Waals surface area (Å²) in [6.07, 6.45) is 1.87. The van der Waals surface area contributed by atoms with Crippen molar-refractivity contribution >= 4 is 51.8 Å². The molecular formula is C12H25Cl2S2SiZr. The molecule has 0 aliphatic carbocycles. The van der Waals surface area contributed by atoms with Gasteiger partial charge in [-0.3, -0.25) is 11.1 Å². The van der Waals surface area contributed by atoms with Gasteiger partial charge >= 0.3 is 37.9 Å². The SMILES string of the molecule is C[SiH]C.[CH-]=C(C)CCS.[CH-]=C(C)CCS.[Cl][Zr+2][Cl]. The third-order valence-corrected chi connectivity index (χ3v) is 1.46. The zero-order valence-corrected chi connectivity index (χ0v) is 18.6. The summed E-state index contributed by atoms with van der Waals surface area (Å²) < 4.78 is 0. The van der Waals surface area contributed by atoms with Crippen molar-refractivity contribution in [2.75, 3.05) is 11.5 Å². The standard InChI is InChI=1S/2C5H9S.C2H7Si.2ClH.Zr/c2*1-5(2)3-4-6;1-3-2;;;/h2*1,6H,3-4H2,2H3;3H,1-2H3;2*1H;/q2*-1;;;;+4/p-2. The first-order chi connectivity index (χ1) is 8.37. The van der Waals surface area contributed by atoms with Gasteiger partial charge in [-0.25, -0.2) is 0 Å². The molecule has 0 aromatic carbocycles. The number of allylic oxidation sites excluding steroid dienone is 2. The summed E-state index contributed by atoms with van der Waals surface area (Å²) in [5, 5.41) is 0. The summed E-state index contributed by atoms with van der Waals surface area (Å²) in [5.74, 6) is 1.73. The van der Waals surface area contributed by atoms with Crippen LogP contribution in [0.1, 0.15) is 26.7 Å². The molecule has 0 fully saturated rings. The Morgan fingerprint density at radius 3 is 1.17 bits per heavy atom. The van der Waals surface area contributed by atoms with Crippen molar-refractivity contribution in [1.82, 2.24) is 0 Å². The molecule has 0 saturated heterocycles. The molecule has 0 spiro atoms. The van der Waals surface area contributed by atoms with Crippen molar-refractivity contribution in [3.05, 3.63) is 24.3 Å². The van der Waals surface area contributed by atoms with Crippen molar-refractivity contribution in [2.45, 2.75) is 39.8 Å². The van der Waals surface area contributed by atoms with Gasteiger partial charge in [-0.15, -0.1) is 0 Å². The number of hydrogen-bond donors (Lipinski definition) is 2. The van der Waals surface area contributed by atoms with Gasteiger partial charge in [0, 0.05) is 9.52 Å². The molecule has 18 heavy (non-hydrogen) atoms. The second kappa shape index (κ2) is 31.3. The molecule has 0 N–H and O–H groups in total. The quantitative estimate of drug-likeness (QED) is 0.344. The Kier molecular flexibility index (Phi) is 48.9. The van der Waals surface area contributed by atoms with Crippen LogP contribution in [-0.4, -0.2) is 21.0 Å². The van der Waals surface area contributed by atoms with Gasteiger partial charge in [0.2, 0.25) is 0 Å². The van der Waals surface area contributed by atoms with E-state index in [1.54, 1.807) is 0 Å². The first kappa shape index (κ1) is 28.1. The van der Waals surface area contributed by atoms with Crippen molar-refractivity contribution in [3.8, 4) is 0 Å². The minimum atomic E-state index is -0.826. The average molecular weight is 424 g/mol. The topological polar surface area (TPSA) is 0 Å². The van der Waals surface area contributed by atoms with Gasteiger partial charge in [0.25, 0.3) is 0 Å². The molecule has 0 aliphatic rings. The van der Waals surface area contributed by atoms with Crippen LogP contribution in [0.25, 0.3) is 0 Å². The number of thiol groups is 2. The summed E-state index contributed by atoms with van der Waals surface area (Å²) in [4.78, 5) is 0. The van der Waals surface area contributed by atoms with E-state index in [0.29, 0.717) is 0 Å². The van der Waals surface area contributed by atoms with Crippen LogP contribution in [0.15, 0.2) is 11.1 Å². The molecule has 0 unspecified atom stereocenters. The third-order valence-electron chi connectivity index (χ3n) is 1.01. The molecule has 0 atom stereocenters. The Morgan fingerprint density at radius 2 is 1.17 bits per heavy atom. The Morgan fingerprint density at radius 1 is 1.00 bits per heavy atom. The van der Waals surface area contributed by atoms with E-state index in [4.69, 9.17) is 30.2 Å². The first-order valence-corrected chi connectivity index (χ1v) is 15.4. The monoisotopic (exact) mass is 421 g/mol. The second-order valence-corrected chi connectivity index (χ2v) is 9.07. The van der Waals surface area contributed by atoms with Crippen LogP contribution in [0.4, 0.5) is 0 Å². The van der Waals surface area contributed by atoms with E-state index in [9.17, 15) is 0 Å². The van der Waals surface area contributed by atoms with Crippen LogP contribution < -0.4 is 0 Å². The molecule has 0 rings (SSSR count). The fraction of sp³-hybridized carbons (Fsp3) is 0.667. The van der Waals surface area contributed by atoms with E-state index in [1.807, 2.05) is 13.8 Å². The maximum absolute atomic E-state index is 5.27. The first-order valence-electron chi connectivity index (χ1n) is 5.45. The van der Waals surface area contributed by atoms with E-state index >= 15 is 0 Å². The van der Waals surface area contributed by atoms with Gasteiger partial charge in [0.1, 0.15) is 0 Å². The van der Waals surface area contributed by atoms with Gasteiger partial charge in [-0.05, 0) is 11.5 Å². The minimum absolute atomic E-state index is 0.750. The number of rotatable bonds is 4. The molecule has 0 heterocycles. The van der Waals surface area contributed by atoms with Crippen molar-refractivity contribution in [1.29, 1.82) is 0 Å². The van der Waals surface area contributed by atoms with Crippen molar-refractivity contribution in [3.63, 3.8) is 0 Å². The molecule has 0 aromatic heterocycles. The summed E-state index contributed by atoms with van der Waals surface area (Å²) in [7, 11) is 10.6. The molecule has 107 valence electrons. The molecule has 0 saturated carbocycles. The molecule has 0 nitrogen and oxygen atoms in total. The third kappa shape index (κ3) is 82.2. The molecule has 0 amide bonds. The van der Waals surface area contributed by atoms with Crippen molar-refractivity contribution in [2.24, 2.45) is 0 Å². The van der Waals surface area contributed by atoms with Gasteiger partial charge in [-0.1, -0.05) is 39.8 Å². The van der Waals surface area contributed by atoms with Gasteiger partial charge in [0.05, 0.1) is 0 Å². The molecular weight excluding hydrogens is 398 g/mol. The van der Waals surface area contributed by atoms with E-state index in [2.05, 4.69) is 38.4 Å². The van der Waals surface area contributed by atoms with Gasteiger partial charge in [0.15, 0.2) is 0 Å². The fourth-order valence-corrected chi connectivity index (χ4v) is 1.06. The second-order valence-electron chi connectivity index (χ2n) is 3.29. The molecule has 0 aliphatic heterocycles. The fourth-order valence-electron chi connectivity index (χ4n) is 0.353. The normalized spacial score (nSPS) is 7.11. The van der Waals surface area contributed by atoms with Gasteiger partial charge in [-0.2, -0.15) is 25.3 Å². The maximum atomic E-state index is 5.27. The van der Waals surface area contributed by atoms with Crippen LogP contribution >= 0.6 is 42.3 Å². The molecule has 6 heteroatoms. The van der Waals surface area contributed by atoms with E-state index < -0.39 is 20.8 Å².